The fraction of sp³-hybridized carbons (Fsp3) is 0.417. The van der Waals surface area contributed by atoms with E-state index in [-0.39, 0.29) is 0 Å². The van der Waals surface area contributed by atoms with Crippen LogP contribution in [-0.2, 0) is 7.05 Å². The molecule has 0 saturated carbocycles. The van der Waals surface area contributed by atoms with Gasteiger partial charge in [-0.2, -0.15) is 5.10 Å². The third-order valence-corrected chi connectivity index (χ3v) is 3.07. The Morgan fingerprint density at radius 3 is 2.63 bits per heavy atom. The first-order valence-corrected chi connectivity index (χ1v) is 7.29. The van der Waals surface area contributed by atoms with Gasteiger partial charge in [-0.05, 0) is 20.1 Å². The molecule has 6 nitrogen and oxygen atoms in total. The molecule has 0 aliphatic heterocycles. The lowest BCUT2D eigenvalue weighted by atomic mass is 10.4. The zero-order valence-corrected chi connectivity index (χ0v) is 12.4. The van der Waals surface area contributed by atoms with E-state index in [4.69, 9.17) is 0 Å². The first-order chi connectivity index (χ1) is 9.12. The van der Waals surface area contributed by atoms with Crippen molar-refractivity contribution in [2.24, 2.45) is 7.05 Å². The normalized spacial score (nSPS) is 10.5. The summed E-state index contributed by atoms with van der Waals surface area (Å²) in [5.41, 5.74) is 1.90. The van der Waals surface area contributed by atoms with Crippen LogP contribution in [-0.4, -0.2) is 32.5 Å². The largest absolute Gasteiger partial charge is 0.370 e. The van der Waals surface area contributed by atoms with Crippen LogP contribution in [0.2, 0.25) is 0 Å². The van der Waals surface area contributed by atoms with Crippen LogP contribution in [0.25, 0.3) is 0 Å². The summed E-state index contributed by atoms with van der Waals surface area (Å²) in [7, 11) is 1.90. The predicted molar refractivity (Wildman–Crippen MR) is 79.2 cm³/mol. The van der Waals surface area contributed by atoms with Crippen LogP contribution >= 0.6 is 11.8 Å². The third kappa shape index (κ3) is 3.37. The summed E-state index contributed by atoms with van der Waals surface area (Å²) < 4.78 is 1.78. The van der Waals surface area contributed by atoms with E-state index in [0.717, 1.165) is 34.7 Å². The van der Waals surface area contributed by atoms with Crippen molar-refractivity contribution >= 4 is 29.1 Å². The number of rotatable bonds is 5. The number of aromatic nitrogens is 4. The van der Waals surface area contributed by atoms with Gasteiger partial charge in [0.05, 0.1) is 11.4 Å². The molecule has 19 heavy (non-hydrogen) atoms. The Labute approximate surface area is 117 Å². The molecule has 0 atom stereocenters. The minimum absolute atomic E-state index is 0.738. The van der Waals surface area contributed by atoms with Crippen LogP contribution < -0.4 is 10.6 Å². The molecule has 0 aliphatic rings. The minimum atomic E-state index is 0.738. The topological polar surface area (TPSA) is 67.7 Å². The summed E-state index contributed by atoms with van der Waals surface area (Å²) >= 11 is 1.52. The van der Waals surface area contributed by atoms with Gasteiger partial charge in [0, 0.05) is 25.9 Å². The van der Waals surface area contributed by atoms with Gasteiger partial charge in [-0.25, -0.2) is 9.97 Å². The third-order valence-electron chi connectivity index (χ3n) is 2.52. The predicted octanol–water partition coefficient (Wildman–Crippen LogP) is 2.42. The Balaban J connectivity index is 2.28. The molecule has 0 radical (unpaired) electrons. The van der Waals surface area contributed by atoms with Crippen molar-refractivity contribution in [3.63, 3.8) is 0 Å². The Kier molecular flexibility index (Phi) is 4.26. The van der Waals surface area contributed by atoms with Crippen molar-refractivity contribution in [3.8, 4) is 0 Å². The molecule has 0 fully saturated rings. The minimum Gasteiger partial charge on any atom is -0.370 e. The highest BCUT2D eigenvalue weighted by atomic mass is 32.2. The van der Waals surface area contributed by atoms with E-state index in [1.165, 1.54) is 11.8 Å². The summed E-state index contributed by atoms with van der Waals surface area (Å²) in [6, 6.07) is 1.90. The Morgan fingerprint density at radius 2 is 2.05 bits per heavy atom. The van der Waals surface area contributed by atoms with Crippen LogP contribution in [0.4, 0.5) is 17.3 Å². The first kappa shape index (κ1) is 13.7. The molecule has 2 rings (SSSR count). The maximum absolute atomic E-state index is 4.44. The quantitative estimate of drug-likeness (QED) is 0.646. The number of aryl methyl sites for hydroxylation is 2. The molecule has 0 bridgehead atoms. The van der Waals surface area contributed by atoms with Crippen LogP contribution in [0.3, 0.4) is 0 Å². The second-order valence-electron chi connectivity index (χ2n) is 4.08. The lowest BCUT2D eigenvalue weighted by Crippen LogP contribution is -2.03. The highest BCUT2D eigenvalue weighted by molar-refractivity contribution is 7.98. The number of thioether (sulfide) groups is 1. The summed E-state index contributed by atoms with van der Waals surface area (Å²) in [6.45, 7) is 4.83. The fourth-order valence-electron chi connectivity index (χ4n) is 1.71. The Bertz CT molecular complexity index is 565. The van der Waals surface area contributed by atoms with Crippen LogP contribution in [0, 0.1) is 6.92 Å². The van der Waals surface area contributed by atoms with Gasteiger partial charge < -0.3 is 10.6 Å². The molecule has 0 aromatic carbocycles. The van der Waals surface area contributed by atoms with Crippen LogP contribution in [0.15, 0.2) is 17.4 Å². The average molecular weight is 278 g/mol. The van der Waals surface area contributed by atoms with Gasteiger partial charge in [-0.3, -0.25) is 4.68 Å². The van der Waals surface area contributed by atoms with Crippen molar-refractivity contribution in [1.82, 2.24) is 19.7 Å². The van der Waals surface area contributed by atoms with Crippen molar-refractivity contribution in [2.45, 2.75) is 19.0 Å². The number of hydrogen-bond donors (Lipinski definition) is 2. The molecule has 0 saturated heterocycles. The highest BCUT2D eigenvalue weighted by Crippen LogP contribution is 2.22. The number of nitrogens with one attached hydrogen (secondary N) is 2. The van der Waals surface area contributed by atoms with Gasteiger partial charge in [0.25, 0.3) is 0 Å². The molecule has 102 valence electrons. The van der Waals surface area contributed by atoms with Gasteiger partial charge in [0.1, 0.15) is 11.6 Å². The Morgan fingerprint density at radius 1 is 1.32 bits per heavy atom. The average Bonchev–Trinajstić information content (AvgIpc) is 2.68. The molecule has 7 heteroatoms. The van der Waals surface area contributed by atoms with E-state index in [1.54, 1.807) is 4.68 Å². The van der Waals surface area contributed by atoms with E-state index in [0.29, 0.717) is 0 Å². The SMILES string of the molecule is CCNc1cc(Nc2cn(C)nc2C)nc(SC)n1. The van der Waals surface area contributed by atoms with Crippen molar-refractivity contribution < 1.29 is 0 Å². The molecule has 2 heterocycles. The van der Waals surface area contributed by atoms with Gasteiger partial charge in [-0.15, -0.1) is 0 Å². The van der Waals surface area contributed by atoms with Gasteiger partial charge in [0.15, 0.2) is 5.16 Å². The first-order valence-electron chi connectivity index (χ1n) is 6.06. The molecular formula is C12H18N6S. The van der Waals surface area contributed by atoms with Crippen molar-refractivity contribution in [3.05, 3.63) is 18.0 Å². The molecular weight excluding hydrogens is 260 g/mol. The van der Waals surface area contributed by atoms with Gasteiger partial charge in [-0.1, -0.05) is 11.8 Å². The molecule has 2 aromatic heterocycles. The van der Waals surface area contributed by atoms with Crippen LogP contribution in [0.1, 0.15) is 12.6 Å². The van der Waals surface area contributed by atoms with Gasteiger partial charge >= 0.3 is 0 Å². The van der Waals surface area contributed by atoms with E-state index < -0.39 is 0 Å². The standard InChI is InChI=1S/C12H18N6S/c1-5-13-10-6-11(16-12(15-10)19-4)14-9-7-18(3)17-8(9)2/h6-7H,5H2,1-4H3,(H2,13,14,15,16). The number of anilines is 3. The Hall–Kier alpha value is -1.76. The monoisotopic (exact) mass is 278 g/mol. The molecule has 0 spiro atoms. The van der Waals surface area contributed by atoms with E-state index in [9.17, 15) is 0 Å². The highest BCUT2D eigenvalue weighted by Gasteiger charge is 2.07. The summed E-state index contributed by atoms with van der Waals surface area (Å²) in [6.07, 6.45) is 3.90. The van der Waals surface area contributed by atoms with E-state index >= 15 is 0 Å². The van der Waals surface area contributed by atoms with Crippen LogP contribution in [0.5, 0.6) is 0 Å². The zero-order chi connectivity index (χ0) is 13.8. The fourth-order valence-corrected chi connectivity index (χ4v) is 2.09. The molecule has 2 aromatic rings. The second-order valence-corrected chi connectivity index (χ2v) is 4.86. The van der Waals surface area contributed by atoms with E-state index in [2.05, 4.69) is 25.7 Å². The summed E-state index contributed by atoms with van der Waals surface area (Å²) in [4.78, 5) is 8.83. The smallest absolute Gasteiger partial charge is 0.191 e. The lowest BCUT2D eigenvalue weighted by molar-refractivity contribution is 0.756. The molecule has 0 amide bonds. The molecule has 2 N–H and O–H groups in total. The number of nitrogens with zero attached hydrogens (tertiary/aromatic N) is 4. The summed E-state index contributed by atoms with van der Waals surface area (Å²) in [5, 5.41) is 11.5. The maximum Gasteiger partial charge on any atom is 0.191 e. The van der Waals surface area contributed by atoms with Gasteiger partial charge in [0.2, 0.25) is 0 Å². The molecule has 0 aliphatic carbocycles. The second kappa shape index (κ2) is 5.92. The van der Waals surface area contributed by atoms with Crippen molar-refractivity contribution in [1.29, 1.82) is 0 Å². The number of hydrogen-bond acceptors (Lipinski definition) is 6. The van der Waals surface area contributed by atoms with Crippen molar-refractivity contribution in [2.75, 3.05) is 23.4 Å². The summed E-state index contributed by atoms with van der Waals surface area (Å²) in [5.74, 6) is 1.59. The maximum atomic E-state index is 4.44. The molecule has 0 unspecified atom stereocenters. The zero-order valence-electron chi connectivity index (χ0n) is 11.6. The van der Waals surface area contributed by atoms with E-state index in [1.807, 2.05) is 39.4 Å². The lowest BCUT2D eigenvalue weighted by Gasteiger charge is -2.08.